The highest BCUT2D eigenvalue weighted by molar-refractivity contribution is 6.03. The van der Waals surface area contributed by atoms with Crippen molar-refractivity contribution >= 4 is 23.1 Å². The van der Waals surface area contributed by atoms with Gasteiger partial charge in [-0.05, 0) is 42.7 Å². The molecule has 8 heteroatoms. The van der Waals surface area contributed by atoms with Crippen LogP contribution in [0.1, 0.15) is 31.2 Å². The number of amides is 1. The number of para-hydroxylation sites is 2. The number of nitrogens with zero attached hydrogens (tertiary/aromatic N) is 4. The first-order chi connectivity index (χ1) is 16.9. The Hall–Kier alpha value is -3.70. The van der Waals surface area contributed by atoms with E-state index in [1.54, 1.807) is 17.0 Å². The molecule has 0 aliphatic carbocycles. The second-order valence-electron chi connectivity index (χ2n) is 8.88. The first-order valence-electron chi connectivity index (χ1n) is 11.8. The van der Waals surface area contributed by atoms with Crippen LogP contribution in [0.4, 0.5) is 15.8 Å². The second-order valence-corrected chi connectivity index (χ2v) is 8.88. The Kier molecular flexibility index (Phi) is 7.47. The van der Waals surface area contributed by atoms with Crippen molar-refractivity contribution in [3.05, 3.63) is 71.3 Å². The summed E-state index contributed by atoms with van der Waals surface area (Å²) >= 11 is 0. The molecule has 0 saturated carbocycles. The van der Waals surface area contributed by atoms with Crippen molar-refractivity contribution in [1.29, 1.82) is 5.26 Å². The van der Waals surface area contributed by atoms with Crippen LogP contribution in [0.5, 0.6) is 0 Å². The molecule has 2 aliphatic rings. The van der Waals surface area contributed by atoms with Crippen LogP contribution in [0.15, 0.2) is 59.9 Å². The zero-order valence-electron chi connectivity index (χ0n) is 20.0. The zero-order chi connectivity index (χ0) is 24.9. The first kappa shape index (κ1) is 24.4. The van der Waals surface area contributed by atoms with E-state index >= 15 is 0 Å². The molecular weight excluding hydrogens is 447 g/mol. The molecule has 2 heterocycles. The van der Waals surface area contributed by atoms with E-state index in [2.05, 4.69) is 6.07 Å². The van der Waals surface area contributed by atoms with Crippen LogP contribution in [0.25, 0.3) is 0 Å². The maximum Gasteiger partial charge on any atom is 0.223 e. The number of hydrogen-bond donors (Lipinski definition) is 0. The van der Waals surface area contributed by atoms with Crippen LogP contribution in [-0.4, -0.2) is 49.9 Å². The summed E-state index contributed by atoms with van der Waals surface area (Å²) in [6.45, 7) is 1.28. The van der Waals surface area contributed by atoms with E-state index in [4.69, 9.17) is 4.74 Å². The largest absolute Gasteiger partial charge is 0.376 e. The van der Waals surface area contributed by atoms with Gasteiger partial charge in [-0.25, -0.2) is 4.39 Å². The standard InChI is InChI=1S/C27H29FN4O3/c1-30-23-10-3-4-11-24(23)31(2)27(30)22(16-29)25(33)12-13-26(34)32(18-21-9-6-14-35-21)17-19-7-5-8-20(28)15-19/h3-5,7-8,10-11,15,21H,6,9,12-14,17-18H2,1-2H3. The summed E-state index contributed by atoms with van der Waals surface area (Å²) in [7, 11) is 3.63. The Morgan fingerprint density at radius 2 is 1.83 bits per heavy atom. The van der Waals surface area contributed by atoms with Crippen molar-refractivity contribution in [3.63, 3.8) is 0 Å². The highest BCUT2D eigenvalue weighted by Crippen LogP contribution is 2.40. The van der Waals surface area contributed by atoms with Crippen molar-refractivity contribution in [1.82, 2.24) is 4.90 Å². The van der Waals surface area contributed by atoms with E-state index in [9.17, 15) is 19.2 Å². The number of benzene rings is 2. The fraction of sp³-hybridized carbons (Fsp3) is 0.370. The monoisotopic (exact) mass is 476 g/mol. The Balaban J connectivity index is 1.47. The van der Waals surface area contributed by atoms with E-state index in [0.29, 0.717) is 24.5 Å². The number of Topliss-reactive ketones (excluding diaryl/α,β-unsaturated/α-hetero) is 1. The number of nitriles is 1. The molecule has 182 valence electrons. The van der Waals surface area contributed by atoms with E-state index in [0.717, 1.165) is 24.2 Å². The molecule has 1 fully saturated rings. The van der Waals surface area contributed by atoms with Gasteiger partial charge < -0.3 is 19.4 Å². The Labute approximate surface area is 205 Å². The number of carbonyl (C=O) groups excluding carboxylic acids is 2. The van der Waals surface area contributed by atoms with Gasteiger partial charge in [-0.2, -0.15) is 5.26 Å². The van der Waals surface area contributed by atoms with Crippen molar-refractivity contribution in [3.8, 4) is 6.07 Å². The van der Waals surface area contributed by atoms with Crippen LogP contribution in [0.3, 0.4) is 0 Å². The second kappa shape index (κ2) is 10.7. The molecule has 0 spiro atoms. The third-order valence-electron chi connectivity index (χ3n) is 6.48. The molecule has 1 unspecified atom stereocenters. The normalized spacial score (nSPS) is 16.7. The van der Waals surface area contributed by atoms with Gasteiger partial charge in [0.2, 0.25) is 5.91 Å². The Bertz CT molecular complexity index is 1150. The number of anilines is 2. The smallest absolute Gasteiger partial charge is 0.223 e. The van der Waals surface area contributed by atoms with Crippen molar-refractivity contribution in [2.45, 2.75) is 38.3 Å². The predicted molar refractivity (Wildman–Crippen MR) is 131 cm³/mol. The number of ketones is 1. The van der Waals surface area contributed by atoms with Gasteiger partial charge >= 0.3 is 0 Å². The molecule has 0 radical (unpaired) electrons. The van der Waals surface area contributed by atoms with Gasteiger partial charge in [0.1, 0.15) is 23.3 Å². The summed E-state index contributed by atoms with van der Waals surface area (Å²) in [4.78, 5) is 31.5. The number of ether oxygens (including phenoxy) is 1. The van der Waals surface area contributed by atoms with E-state index in [1.807, 2.05) is 48.2 Å². The minimum atomic E-state index is -0.384. The van der Waals surface area contributed by atoms with E-state index in [1.165, 1.54) is 12.1 Å². The average molecular weight is 477 g/mol. The SMILES string of the molecule is CN1C(=C(C#N)C(=O)CCC(=O)N(Cc2cccc(F)c2)CC2CCCO2)N(C)c2ccccc21. The van der Waals surface area contributed by atoms with E-state index in [-0.39, 0.29) is 48.6 Å². The number of allylic oxidation sites excluding steroid dienone is 1. The maximum atomic E-state index is 13.7. The van der Waals surface area contributed by atoms with Crippen molar-refractivity contribution in [2.75, 3.05) is 37.0 Å². The predicted octanol–water partition coefficient (Wildman–Crippen LogP) is 4.00. The number of halogens is 1. The highest BCUT2D eigenvalue weighted by Gasteiger charge is 2.31. The van der Waals surface area contributed by atoms with Gasteiger partial charge in [-0.15, -0.1) is 0 Å². The lowest BCUT2D eigenvalue weighted by Crippen LogP contribution is -2.37. The van der Waals surface area contributed by atoms with Crippen LogP contribution < -0.4 is 9.80 Å². The molecule has 0 N–H and O–H groups in total. The summed E-state index contributed by atoms with van der Waals surface area (Å²) in [6, 6.07) is 15.9. The van der Waals surface area contributed by atoms with Gasteiger partial charge in [-0.1, -0.05) is 24.3 Å². The molecule has 1 atom stereocenters. The van der Waals surface area contributed by atoms with Crippen LogP contribution in [0, 0.1) is 17.1 Å². The molecule has 35 heavy (non-hydrogen) atoms. The van der Waals surface area contributed by atoms with Crippen molar-refractivity contribution < 1.29 is 18.7 Å². The molecule has 7 nitrogen and oxygen atoms in total. The summed E-state index contributed by atoms with van der Waals surface area (Å²) < 4.78 is 19.4. The fourth-order valence-corrected chi connectivity index (χ4v) is 4.71. The number of carbonyl (C=O) groups is 2. The Morgan fingerprint density at radius 1 is 1.11 bits per heavy atom. The van der Waals surface area contributed by atoms with Crippen LogP contribution in [0.2, 0.25) is 0 Å². The van der Waals surface area contributed by atoms with Crippen molar-refractivity contribution in [2.24, 2.45) is 0 Å². The van der Waals surface area contributed by atoms with Gasteiger partial charge in [0.05, 0.1) is 17.5 Å². The number of fused-ring (bicyclic) bond motifs is 1. The molecule has 2 aromatic carbocycles. The lowest BCUT2D eigenvalue weighted by molar-refractivity contribution is -0.134. The van der Waals surface area contributed by atoms with Crippen LogP contribution >= 0.6 is 0 Å². The lowest BCUT2D eigenvalue weighted by Gasteiger charge is -2.26. The third-order valence-corrected chi connectivity index (χ3v) is 6.48. The molecule has 0 bridgehead atoms. The highest BCUT2D eigenvalue weighted by atomic mass is 19.1. The number of rotatable bonds is 8. The van der Waals surface area contributed by atoms with Gasteiger partial charge in [-0.3, -0.25) is 9.59 Å². The molecule has 4 rings (SSSR count). The van der Waals surface area contributed by atoms with E-state index < -0.39 is 0 Å². The number of hydrogen-bond acceptors (Lipinski definition) is 6. The lowest BCUT2D eigenvalue weighted by atomic mass is 10.1. The zero-order valence-corrected chi connectivity index (χ0v) is 20.0. The molecule has 2 aromatic rings. The average Bonchev–Trinajstić information content (AvgIpc) is 3.45. The quantitative estimate of drug-likeness (QED) is 0.423. The van der Waals surface area contributed by atoms with Gasteiger partial charge in [0.25, 0.3) is 0 Å². The summed E-state index contributed by atoms with van der Waals surface area (Å²) in [5.41, 5.74) is 2.50. The minimum absolute atomic E-state index is 0.0230. The first-order valence-corrected chi connectivity index (χ1v) is 11.8. The summed E-state index contributed by atoms with van der Waals surface area (Å²) in [5.74, 6) is -0.470. The molecular formula is C27H29FN4O3. The fourth-order valence-electron chi connectivity index (χ4n) is 4.71. The topological polar surface area (TPSA) is 76.9 Å². The van der Waals surface area contributed by atoms with Gasteiger partial charge in [0, 0.05) is 46.6 Å². The Morgan fingerprint density at radius 3 is 2.43 bits per heavy atom. The molecule has 1 amide bonds. The third kappa shape index (κ3) is 5.36. The molecule has 1 saturated heterocycles. The maximum absolute atomic E-state index is 13.7. The van der Waals surface area contributed by atoms with Crippen LogP contribution in [-0.2, 0) is 20.9 Å². The van der Waals surface area contributed by atoms with Gasteiger partial charge in [0.15, 0.2) is 5.78 Å². The molecule has 2 aliphatic heterocycles. The molecule has 0 aromatic heterocycles. The summed E-state index contributed by atoms with van der Waals surface area (Å²) in [6.07, 6.45) is 1.59. The minimum Gasteiger partial charge on any atom is -0.376 e. The summed E-state index contributed by atoms with van der Waals surface area (Å²) in [5, 5.41) is 9.83.